The first-order chi connectivity index (χ1) is 15.1. The van der Waals surface area contributed by atoms with Crippen molar-refractivity contribution in [2.24, 2.45) is 10.9 Å². The predicted octanol–water partition coefficient (Wildman–Crippen LogP) is 3.25. The predicted molar refractivity (Wildman–Crippen MR) is 119 cm³/mol. The molecular weight excluding hydrogens is 412 g/mol. The summed E-state index contributed by atoms with van der Waals surface area (Å²) in [5.74, 6) is -0.542. The van der Waals surface area contributed by atoms with Crippen molar-refractivity contribution in [3.05, 3.63) is 66.2 Å². The van der Waals surface area contributed by atoms with Crippen LogP contribution in [0.5, 0.6) is 0 Å². The van der Waals surface area contributed by atoms with Crippen molar-refractivity contribution in [2.75, 3.05) is 12.1 Å². The Morgan fingerprint density at radius 2 is 1.62 bits per heavy atom. The molecule has 170 valence electrons. The maximum absolute atomic E-state index is 13.8. The van der Waals surface area contributed by atoms with Gasteiger partial charge in [0, 0.05) is 5.56 Å². The lowest BCUT2D eigenvalue weighted by atomic mass is 9.84. The van der Waals surface area contributed by atoms with Crippen LogP contribution in [0.3, 0.4) is 0 Å². The number of carbonyl (C=O) groups is 2. The second-order valence-electron chi connectivity index (χ2n) is 8.34. The number of hydrogen-bond acceptors (Lipinski definition) is 8. The number of hydroxylamine groups is 1. The number of hydrogen-bond donors (Lipinski definition) is 1. The molecule has 1 amide bonds. The lowest BCUT2D eigenvalue weighted by Crippen LogP contribution is -2.60. The van der Waals surface area contributed by atoms with Crippen LogP contribution in [0.4, 0.5) is 10.5 Å². The van der Waals surface area contributed by atoms with Crippen molar-refractivity contribution >= 4 is 23.5 Å². The zero-order valence-corrected chi connectivity index (χ0v) is 18.8. The summed E-state index contributed by atoms with van der Waals surface area (Å²) < 4.78 is 5.29. The Balaban J connectivity index is 2.09. The molecule has 2 atom stereocenters. The molecule has 0 spiro atoms. The van der Waals surface area contributed by atoms with Crippen LogP contribution in [-0.2, 0) is 19.2 Å². The highest BCUT2D eigenvalue weighted by atomic mass is 16.8. The van der Waals surface area contributed by atoms with Crippen LogP contribution in [0.2, 0.25) is 0 Å². The third-order valence-electron chi connectivity index (χ3n) is 4.91. The van der Waals surface area contributed by atoms with Crippen LogP contribution >= 0.6 is 0 Å². The lowest BCUT2D eigenvalue weighted by Gasteiger charge is -2.30. The first kappa shape index (κ1) is 23.2. The molecule has 2 aromatic rings. The van der Waals surface area contributed by atoms with Crippen molar-refractivity contribution in [2.45, 2.75) is 44.9 Å². The van der Waals surface area contributed by atoms with Crippen LogP contribution in [0.15, 0.2) is 65.8 Å². The van der Waals surface area contributed by atoms with Gasteiger partial charge in [-0.15, -0.1) is 0 Å². The van der Waals surface area contributed by atoms with E-state index in [2.05, 4.69) is 5.16 Å². The molecule has 0 saturated carbocycles. The minimum atomic E-state index is -1.70. The zero-order chi connectivity index (χ0) is 23.5. The number of rotatable bonds is 5. The van der Waals surface area contributed by atoms with Gasteiger partial charge < -0.3 is 20.1 Å². The first-order valence-electron chi connectivity index (χ1n) is 10.1. The molecule has 1 aliphatic rings. The van der Waals surface area contributed by atoms with Gasteiger partial charge in [0.05, 0.1) is 11.7 Å². The van der Waals surface area contributed by atoms with E-state index in [4.69, 9.17) is 20.1 Å². The normalized spacial score (nSPS) is 22.1. The van der Waals surface area contributed by atoms with Gasteiger partial charge in [0.1, 0.15) is 18.4 Å². The highest BCUT2D eigenvalue weighted by Gasteiger charge is 2.60. The van der Waals surface area contributed by atoms with Gasteiger partial charge in [-0.1, -0.05) is 53.7 Å². The Labute approximate surface area is 187 Å². The average Bonchev–Trinajstić information content (AvgIpc) is 2.93. The number of amides is 1. The number of hydrazine groups is 1. The van der Waals surface area contributed by atoms with Crippen molar-refractivity contribution < 1.29 is 24.0 Å². The van der Waals surface area contributed by atoms with Gasteiger partial charge in [0.25, 0.3) is 5.91 Å². The molecule has 0 bridgehead atoms. The Morgan fingerprint density at radius 3 is 2.16 bits per heavy atom. The van der Waals surface area contributed by atoms with E-state index in [1.165, 1.54) is 12.1 Å². The van der Waals surface area contributed by atoms with Gasteiger partial charge in [0.2, 0.25) is 0 Å². The summed E-state index contributed by atoms with van der Waals surface area (Å²) in [6.07, 6.45) is -0.965. The second kappa shape index (κ2) is 8.97. The minimum absolute atomic E-state index is 0.203. The van der Waals surface area contributed by atoms with Gasteiger partial charge in [-0.2, -0.15) is 0 Å². The molecule has 1 saturated heterocycles. The number of nitrogens with two attached hydrogens (primary N) is 1. The Morgan fingerprint density at radius 1 is 1.06 bits per heavy atom. The SMILES string of the molecule is CON=C(c1ccccc1)C1(N)C(=O)N(c2ccccc2)N(OC(=O)OC(C)(C)C)C1C. The average molecular weight is 441 g/mol. The van der Waals surface area contributed by atoms with Gasteiger partial charge in [0.15, 0.2) is 5.54 Å². The molecule has 9 nitrogen and oxygen atoms in total. The van der Waals surface area contributed by atoms with Gasteiger partial charge >= 0.3 is 6.16 Å². The number of ether oxygens (including phenoxy) is 1. The number of anilines is 1. The molecule has 1 aliphatic heterocycles. The van der Waals surface area contributed by atoms with E-state index < -0.39 is 29.2 Å². The van der Waals surface area contributed by atoms with Crippen molar-refractivity contribution in [1.29, 1.82) is 0 Å². The van der Waals surface area contributed by atoms with E-state index in [1.807, 2.05) is 12.1 Å². The number of benzene rings is 2. The van der Waals surface area contributed by atoms with Crippen LogP contribution in [0.1, 0.15) is 33.3 Å². The Kier molecular flexibility index (Phi) is 6.52. The zero-order valence-electron chi connectivity index (χ0n) is 18.8. The van der Waals surface area contributed by atoms with Crippen LogP contribution in [0.25, 0.3) is 0 Å². The van der Waals surface area contributed by atoms with Gasteiger partial charge in [-0.25, -0.2) is 9.80 Å². The summed E-state index contributed by atoms with van der Waals surface area (Å²) in [4.78, 5) is 36.8. The number of carbonyl (C=O) groups excluding carboxylic acids is 2. The van der Waals surface area contributed by atoms with E-state index in [0.717, 1.165) is 5.17 Å². The largest absolute Gasteiger partial charge is 0.530 e. The molecule has 0 radical (unpaired) electrons. The van der Waals surface area contributed by atoms with Crippen molar-refractivity contribution in [3.8, 4) is 0 Å². The second-order valence-corrected chi connectivity index (χ2v) is 8.34. The summed E-state index contributed by atoms with van der Waals surface area (Å²) >= 11 is 0. The molecule has 0 aromatic heterocycles. The maximum Gasteiger partial charge on any atom is 0.530 e. The third-order valence-corrected chi connectivity index (χ3v) is 4.91. The summed E-state index contributed by atoms with van der Waals surface area (Å²) in [5.41, 5.74) is 5.54. The van der Waals surface area contributed by atoms with Gasteiger partial charge in [-0.05, 0) is 45.0 Å². The summed E-state index contributed by atoms with van der Waals surface area (Å²) in [6, 6.07) is 16.9. The Hall–Kier alpha value is -3.43. The van der Waals surface area contributed by atoms with Crippen molar-refractivity contribution in [1.82, 2.24) is 5.17 Å². The highest BCUT2D eigenvalue weighted by molar-refractivity contribution is 6.25. The molecule has 1 heterocycles. The van der Waals surface area contributed by atoms with E-state index in [9.17, 15) is 9.59 Å². The molecule has 2 aromatic carbocycles. The molecule has 2 unspecified atom stereocenters. The molecule has 32 heavy (non-hydrogen) atoms. The van der Waals surface area contributed by atoms with Crippen LogP contribution in [0, 0.1) is 0 Å². The molecular formula is C23H28N4O5. The molecule has 1 fully saturated rings. The Bertz CT molecular complexity index is 990. The third kappa shape index (κ3) is 4.44. The topological polar surface area (TPSA) is 107 Å². The summed E-state index contributed by atoms with van der Waals surface area (Å²) in [5, 5.41) is 6.43. The summed E-state index contributed by atoms with van der Waals surface area (Å²) in [7, 11) is 1.38. The van der Waals surface area contributed by atoms with E-state index >= 15 is 0 Å². The lowest BCUT2D eigenvalue weighted by molar-refractivity contribution is -0.159. The molecule has 2 N–H and O–H groups in total. The fourth-order valence-electron chi connectivity index (χ4n) is 3.41. The quantitative estimate of drug-likeness (QED) is 0.432. The fraction of sp³-hybridized carbons (Fsp3) is 0.348. The van der Waals surface area contributed by atoms with Crippen molar-refractivity contribution in [3.63, 3.8) is 0 Å². The van der Waals surface area contributed by atoms with Crippen LogP contribution < -0.4 is 10.7 Å². The maximum atomic E-state index is 13.8. The first-order valence-corrected chi connectivity index (χ1v) is 10.1. The summed E-state index contributed by atoms with van der Waals surface area (Å²) in [6.45, 7) is 6.81. The van der Waals surface area contributed by atoms with E-state index in [1.54, 1.807) is 76.2 Å². The smallest absolute Gasteiger partial charge is 0.427 e. The monoisotopic (exact) mass is 440 g/mol. The fourth-order valence-corrected chi connectivity index (χ4v) is 3.41. The highest BCUT2D eigenvalue weighted by Crippen LogP contribution is 2.35. The van der Waals surface area contributed by atoms with Gasteiger partial charge in [-0.3, -0.25) is 4.79 Å². The number of para-hydroxylation sites is 1. The van der Waals surface area contributed by atoms with E-state index in [-0.39, 0.29) is 5.71 Å². The minimum Gasteiger partial charge on any atom is -0.427 e. The van der Waals surface area contributed by atoms with Crippen LogP contribution in [-0.4, -0.2) is 47.2 Å². The molecule has 3 rings (SSSR count). The number of nitrogens with zero attached hydrogens (tertiary/aromatic N) is 3. The molecule has 0 aliphatic carbocycles. The van der Waals surface area contributed by atoms with E-state index in [0.29, 0.717) is 11.3 Å². The standard InChI is InChI=1S/C23H28N4O5/c1-16-23(24,19(25-30-5)17-12-8-6-9-13-17)20(28)26(18-14-10-7-11-15-18)27(16)32-21(29)31-22(2,3)4/h6-16H,24H2,1-5H3. The molecule has 9 heteroatoms. The number of oxime groups is 1.